The predicted octanol–water partition coefficient (Wildman–Crippen LogP) is 2.40. The first-order valence-electron chi connectivity index (χ1n) is 4.88. The lowest BCUT2D eigenvalue weighted by atomic mass is 10.1. The maximum atomic E-state index is 9.76. The molecule has 1 N–H and O–H groups in total. The Labute approximate surface area is 88.6 Å². The fourth-order valence-electron chi connectivity index (χ4n) is 1.44. The Kier molecular flexibility index (Phi) is 2.23. The molecule has 0 aliphatic carbocycles. The van der Waals surface area contributed by atoms with Crippen LogP contribution in [-0.2, 0) is 0 Å². The van der Waals surface area contributed by atoms with E-state index in [-0.39, 0.29) is 0 Å². The predicted molar refractivity (Wildman–Crippen MR) is 55.7 cm³/mol. The first-order valence-corrected chi connectivity index (χ1v) is 4.88. The third kappa shape index (κ3) is 1.61. The molecule has 0 radical (unpaired) electrons. The molecule has 0 bridgehead atoms. The molecule has 0 spiro atoms. The average Bonchev–Trinajstić information content (AvgIpc) is 2.47. The van der Waals surface area contributed by atoms with Crippen LogP contribution in [0, 0.1) is 20.8 Å². The molecular weight excluding hydrogens is 190 g/mol. The highest BCUT2D eigenvalue weighted by atomic mass is 16.5. The molecule has 0 saturated heterocycles. The highest BCUT2D eigenvalue weighted by Gasteiger charge is 2.24. The SMILES string of the molecule is Cc1ccc(-c2oc(C)c(C)[n+]2O)cc1. The Hall–Kier alpha value is -1.77. The van der Waals surface area contributed by atoms with Crippen molar-refractivity contribution in [2.24, 2.45) is 0 Å². The van der Waals surface area contributed by atoms with E-state index in [1.54, 1.807) is 0 Å². The van der Waals surface area contributed by atoms with E-state index in [0.29, 0.717) is 5.89 Å². The Morgan fingerprint density at radius 3 is 2.13 bits per heavy atom. The van der Waals surface area contributed by atoms with E-state index in [4.69, 9.17) is 4.42 Å². The highest BCUT2D eigenvalue weighted by Crippen LogP contribution is 2.19. The van der Waals surface area contributed by atoms with Crippen molar-refractivity contribution in [3.63, 3.8) is 0 Å². The minimum Gasteiger partial charge on any atom is -0.400 e. The molecule has 0 aliphatic rings. The Morgan fingerprint density at radius 1 is 1.07 bits per heavy atom. The molecule has 0 unspecified atom stereocenters. The van der Waals surface area contributed by atoms with Gasteiger partial charge in [-0.2, -0.15) is 0 Å². The van der Waals surface area contributed by atoms with Gasteiger partial charge in [-0.1, -0.05) is 17.7 Å². The summed E-state index contributed by atoms with van der Waals surface area (Å²) in [5.74, 6) is 1.21. The smallest absolute Gasteiger partial charge is 0.400 e. The van der Waals surface area contributed by atoms with Crippen molar-refractivity contribution in [1.29, 1.82) is 0 Å². The molecule has 1 heterocycles. The molecule has 0 atom stereocenters. The van der Waals surface area contributed by atoms with Gasteiger partial charge in [0.1, 0.15) is 0 Å². The third-order valence-corrected chi connectivity index (χ3v) is 2.57. The van der Waals surface area contributed by atoms with Gasteiger partial charge in [-0.3, -0.25) is 5.21 Å². The number of aryl methyl sites for hydroxylation is 2. The van der Waals surface area contributed by atoms with E-state index in [1.807, 2.05) is 45.0 Å². The van der Waals surface area contributed by atoms with Crippen LogP contribution >= 0.6 is 0 Å². The summed E-state index contributed by atoms with van der Waals surface area (Å²) in [5.41, 5.74) is 2.79. The molecule has 0 saturated carbocycles. The average molecular weight is 204 g/mol. The van der Waals surface area contributed by atoms with Crippen molar-refractivity contribution >= 4 is 0 Å². The van der Waals surface area contributed by atoms with E-state index in [9.17, 15) is 5.21 Å². The van der Waals surface area contributed by atoms with Gasteiger partial charge in [-0.15, -0.1) is 0 Å². The number of oxazole rings is 1. The van der Waals surface area contributed by atoms with Gasteiger partial charge in [0.05, 0.1) is 10.3 Å². The van der Waals surface area contributed by atoms with Gasteiger partial charge in [0.25, 0.3) is 5.69 Å². The fraction of sp³-hybridized carbons (Fsp3) is 0.250. The Bertz CT molecular complexity index is 483. The van der Waals surface area contributed by atoms with Crippen molar-refractivity contribution in [1.82, 2.24) is 0 Å². The first-order chi connectivity index (χ1) is 7.09. The fourth-order valence-corrected chi connectivity index (χ4v) is 1.44. The van der Waals surface area contributed by atoms with Crippen LogP contribution in [0.2, 0.25) is 0 Å². The van der Waals surface area contributed by atoms with E-state index >= 15 is 0 Å². The molecule has 1 aromatic carbocycles. The number of aromatic nitrogens is 1. The van der Waals surface area contributed by atoms with Gasteiger partial charge < -0.3 is 4.42 Å². The van der Waals surface area contributed by atoms with Crippen molar-refractivity contribution in [3.8, 4) is 11.5 Å². The molecule has 0 fully saturated rings. The van der Waals surface area contributed by atoms with E-state index < -0.39 is 0 Å². The second kappa shape index (κ2) is 3.42. The van der Waals surface area contributed by atoms with E-state index in [2.05, 4.69) is 0 Å². The summed E-state index contributed by atoms with van der Waals surface area (Å²) in [5, 5.41) is 9.76. The van der Waals surface area contributed by atoms with Crippen LogP contribution in [-0.4, -0.2) is 5.21 Å². The van der Waals surface area contributed by atoms with Crippen molar-refractivity contribution in [2.45, 2.75) is 20.8 Å². The molecule has 2 aromatic rings. The number of rotatable bonds is 1. The van der Waals surface area contributed by atoms with Crippen molar-refractivity contribution in [3.05, 3.63) is 41.3 Å². The number of hydrogen-bond acceptors (Lipinski definition) is 2. The largest absolute Gasteiger partial charge is 0.429 e. The number of hydrogen-bond donors (Lipinski definition) is 1. The summed E-state index contributed by atoms with van der Waals surface area (Å²) in [6.45, 7) is 5.67. The topological polar surface area (TPSA) is 37.2 Å². The normalized spacial score (nSPS) is 10.6. The molecule has 0 amide bonds. The van der Waals surface area contributed by atoms with Crippen LogP contribution in [0.5, 0.6) is 0 Å². The van der Waals surface area contributed by atoms with Gasteiger partial charge in [-0.25, -0.2) is 0 Å². The molecule has 2 rings (SSSR count). The monoisotopic (exact) mass is 204 g/mol. The number of benzene rings is 1. The standard InChI is InChI=1S/C12H14NO2/c1-8-4-6-11(7-5-8)12-13(14)9(2)10(3)15-12/h4-7,14H,1-3H3/q+1. The zero-order valence-electron chi connectivity index (χ0n) is 9.11. The summed E-state index contributed by atoms with van der Waals surface area (Å²) < 4.78 is 6.57. The highest BCUT2D eigenvalue weighted by molar-refractivity contribution is 5.51. The van der Waals surface area contributed by atoms with Gasteiger partial charge in [0.15, 0.2) is 5.76 Å². The first kappa shape index (κ1) is 9.77. The van der Waals surface area contributed by atoms with Crippen LogP contribution in [0.3, 0.4) is 0 Å². The van der Waals surface area contributed by atoms with Crippen molar-refractivity contribution < 1.29 is 14.4 Å². The van der Waals surface area contributed by atoms with Crippen LogP contribution in [0.4, 0.5) is 0 Å². The van der Waals surface area contributed by atoms with Crippen LogP contribution in [0.1, 0.15) is 17.0 Å². The lowest BCUT2D eigenvalue weighted by Gasteiger charge is -1.92. The Balaban J connectivity index is 2.54. The van der Waals surface area contributed by atoms with E-state index in [1.165, 1.54) is 5.56 Å². The lowest BCUT2D eigenvalue weighted by molar-refractivity contribution is -0.901. The molecule has 0 aliphatic heterocycles. The maximum absolute atomic E-state index is 9.76. The second-order valence-electron chi connectivity index (χ2n) is 3.73. The summed E-state index contributed by atoms with van der Waals surface area (Å²) in [6.07, 6.45) is 0. The molecule has 1 aromatic heterocycles. The summed E-state index contributed by atoms with van der Waals surface area (Å²) in [4.78, 5) is 0. The van der Waals surface area contributed by atoms with Crippen LogP contribution < -0.4 is 4.73 Å². The van der Waals surface area contributed by atoms with Gasteiger partial charge in [-0.05, 0) is 19.1 Å². The summed E-state index contributed by atoms with van der Waals surface area (Å²) in [7, 11) is 0. The van der Waals surface area contributed by atoms with Gasteiger partial charge in [0, 0.05) is 13.8 Å². The summed E-state index contributed by atoms with van der Waals surface area (Å²) in [6, 6.07) is 7.84. The molecule has 78 valence electrons. The molecule has 3 nitrogen and oxygen atoms in total. The minimum atomic E-state index is 0.477. The summed E-state index contributed by atoms with van der Waals surface area (Å²) >= 11 is 0. The zero-order valence-corrected chi connectivity index (χ0v) is 9.11. The second-order valence-corrected chi connectivity index (χ2v) is 3.73. The minimum absolute atomic E-state index is 0.477. The quantitative estimate of drug-likeness (QED) is 0.572. The van der Waals surface area contributed by atoms with Crippen LogP contribution in [0.25, 0.3) is 11.5 Å². The maximum Gasteiger partial charge on any atom is 0.429 e. The number of nitrogens with zero attached hydrogens (tertiary/aromatic N) is 1. The van der Waals surface area contributed by atoms with Crippen LogP contribution in [0.15, 0.2) is 28.7 Å². The molecule has 15 heavy (non-hydrogen) atoms. The lowest BCUT2D eigenvalue weighted by Crippen LogP contribution is -2.33. The van der Waals surface area contributed by atoms with Gasteiger partial charge >= 0.3 is 5.89 Å². The Morgan fingerprint density at radius 2 is 1.67 bits per heavy atom. The molecular formula is C12H14NO2+. The molecule has 3 heteroatoms. The van der Waals surface area contributed by atoms with E-state index in [0.717, 1.165) is 21.7 Å². The van der Waals surface area contributed by atoms with Crippen molar-refractivity contribution in [2.75, 3.05) is 0 Å². The third-order valence-electron chi connectivity index (χ3n) is 2.57. The van der Waals surface area contributed by atoms with Gasteiger partial charge in [0.2, 0.25) is 0 Å². The zero-order chi connectivity index (χ0) is 11.0.